The molecule has 0 radical (unpaired) electrons. The minimum atomic E-state index is -3.66. The van der Waals surface area contributed by atoms with Crippen LogP contribution in [0.15, 0.2) is 35.8 Å². The lowest BCUT2D eigenvalue weighted by Gasteiger charge is -2.09. The number of aromatic nitrogens is 2. The zero-order chi connectivity index (χ0) is 19.2. The number of rotatable bonds is 3. The zero-order valence-corrected chi connectivity index (χ0v) is 15.1. The van der Waals surface area contributed by atoms with Crippen LogP contribution in [-0.2, 0) is 0 Å². The molecule has 0 saturated heterocycles. The van der Waals surface area contributed by atoms with Crippen LogP contribution in [0.2, 0.25) is 0 Å². The quantitative estimate of drug-likeness (QED) is 0.719. The summed E-state index contributed by atoms with van der Waals surface area (Å²) in [4.78, 5) is 16.4. The number of anilines is 1. The molecule has 0 bridgehead atoms. The molecule has 1 aromatic carbocycles. The fraction of sp³-hybridized carbons (Fsp3) is 0.167. The van der Waals surface area contributed by atoms with Gasteiger partial charge in [-0.05, 0) is 60.8 Å². The van der Waals surface area contributed by atoms with Crippen LogP contribution < -0.4 is 14.8 Å². The molecule has 0 atom stereocenters. The molecule has 0 spiro atoms. The van der Waals surface area contributed by atoms with Crippen molar-refractivity contribution in [2.75, 3.05) is 5.32 Å². The van der Waals surface area contributed by atoms with Gasteiger partial charge in [-0.2, -0.15) is 4.37 Å². The van der Waals surface area contributed by atoms with Crippen molar-refractivity contribution < 1.29 is 23.0 Å². The molecule has 0 unspecified atom stereocenters. The maximum Gasteiger partial charge on any atom is 0.586 e. The lowest BCUT2D eigenvalue weighted by molar-refractivity contribution is -0.286. The topological polar surface area (TPSA) is 73.3 Å². The van der Waals surface area contributed by atoms with E-state index >= 15 is 0 Å². The Hall–Kier alpha value is -3.07. The fourth-order valence-corrected chi connectivity index (χ4v) is 3.42. The van der Waals surface area contributed by atoms with E-state index in [1.165, 1.54) is 23.7 Å². The number of pyridine rings is 1. The summed E-state index contributed by atoms with van der Waals surface area (Å²) >= 11 is 1.21. The number of alkyl halides is 2. The molecule has 0 fully saturated rings. The highest BCUT2D eigenvalue weighted by atomic mass is 32.1. The third-order valence-electron chi connectivity index (χ3n) is 4.06. The number of nitrogens with zero attached hydrogens (tertiary/aromatic N) is 2. The number of amides is 1. The van der Waals surface area contributed by atoms with Crippen LogP contribution in [0.3, 0.4) is 0 Å². The number of nitrogens with one attached hydrogen (secondary N) is 1. The van der Waals surface area contributed by atoms with E-state index in [1.54, 1.807) is 37.6 Å². The molecule has 3 aromatic rings. The summed E-state index contributed by atoms with van der Waals surface area (Å²) < 4.78 is 39.5. The summed E-state index contributed by atoms with van der Waals surface area (Å²) in [5.74, 6) is 0.0542. The molecule has 1 aliphatic rings. The van der Waals surface area contributed by atoms with E-state index in [2.05, 4.69) is 24.1 Å². The van der Waals surface area contributed by atoms with E-state index in [0.717, 1.165) is 5.56 Å². The Labute approximate surface area is 156 Å². The first-order valence-electron chi connectivity index (χ1n) is 7.92. The largest absolute Gasteiger partial charge is 0.586 e. The predicted octanol–water partition coefficient (Wildman–Crippen LogP) is 4.40. The second-order valence-electron chi connectivity index (χ2n) is 5.98. The summed E-state index contributed by atoms with van der Waals surface area (Å²) in [6, 6.07) is 6.36. The number of hydrogen-bond acceptors (Lipinski definition) is 6. The van der Waals surface area contributed by atoms with E-state index in [9.17, 15) is 13.6 Å². The van der Waals surface area contributed by atoms with E-state index in [1.807, 2.05) is 0 Å². The summed E-state index contributed by atoms with van der Waals surface area (Å²) in [5.41, 5.74) is 3.26. The van der Waals surface area contributed by atoms with Crippen LogP contribution in [0.25, 0.3) is 11.1 Å². The molecule has 3 heterocycles. The fourth-order valence-electron chi connectivity index (χ4n) is 2.73. The van der Waals surface area contributed by atoms with Gasteiger partial charge in [0.15, 0.2) is 11.5 Å². The van der Waals surface area contributed by atoms with Crippen molar-refractivity contribution in [3.05, 3.63) is 52.7 Å². The van der Waals surface area contributed by atoms with Crippen molar-refractivity contribution >= 4 is 23.3 Å². The number of aryl methyl sites for hydroxylation is 2. The van der Waals surface area contributed by atoms with Gasteiger partial charge >= 0.3 is 6.29 Å². The number of benzene rings is 1. The van der Waals surface area contributed by atoms with Crippen molar-refractivity contribution in [3.8, 4) is 22.6 Å². The number of carbonyl (C=O) groups is 1. The molecule has 9 heteroatoms. The smallest absolute Gasteiger partial charge is 0.395 e. The first-order chi connectivity index (χ1) is 12.8. The first-order valence-corrected chi connectivity index (χ1v) is 8.75. The highest BCUT2D eigenvalue weighted by molar-refractivity contribution is 7.04. The normalized spacial score (nSPS) is 14.2. The highest BCUT2D eigenvalue weighted by Crippen LogP contribution is 2.44. The maximum atomic E-state index is 13.2. The number of ether oxygens (including phenoxy) is 2. The maximum absolute atomic E-state index is 13.2. The Kier molecular flexibility index (Phi) is 4.03. The molecule has 138 valence electrons. The van der Waals surface area contributed by atoms with Gasteiger partial charge in [0.2, 0.25) is 0 Å². The Balaban J connectivity index is 1.57. The SMILES string of the molecule is Cc1cc2c(cc1-c1ccc(NC(=O)c3csnc3C)nc1)OC(F)(F)O2. The van der Waals surface area contributed by atoms with Gasteiger partial charge in [-0.25, -0.2) is 4.98 Å². The molecular formula is C18H13F2N3O3S. The van der Waals surface area contributed by atoms with Gasteiger partial charge < -0.3 is 14.8 Å². The minimum Gasteiger partial charge on any atom is -0.395 e. The van der Waals surface area contributed by atoms with Gasteiger partial charge in [-0.3, -0.25) is 4.79 Å². The van der Waals surface area contributed by atoms with Gasteiger partial charge in [0.05, 0.1) is 11.3 Å². The highest BCUT2D eigenvalue weighted by Gasteiger charge is 2.43. The zero-order valence-electron chi connectivity index (χ0n) is 14.2. The summed E-state index contributed by atoms with van der Waals surface area (Å²) in [5, 5.41) is 4.38. The molecule has 27 heavy (non-hydrogen) atoms. The van der Waals surface area contributed by atoms with Gasteiger partial charge in [-0.15, -0.1) is 8.78 Å². The lowest BCUT2D eigenvalue weighted by Crippen LogP contribution is -2.25. The minimum absolute atomic E-state index is 0.00200. The van der Waals surface area contributed by atoms with Gasteiger partial charge in [0.25, 0.3) is 5.91 Å². The molecule has 1 amide bonds. The first kappa shape index (κ1) is 17.3. The van der Waals surface area contributed by atoms with Crippen LogP contribution in [0.4, 0.5) is 14.6 Å². The van der Waals surface area contributed by atoms with Crippen LogP contribution in [0.1, 0.15) is 21.6 Å². The average Bonchev–Trinajstić information content (AvgIpc) is 3.16. The van der Waals surface area contributed by atoms with Crippen molar-refractivity contribution in [1.29, 1.82) is 0 Å². The summed E-state index contributed by atoms with van der Waals surface area (Å²) in [6.45, 7) is 3.53. The van der Waals surface area contributed by atoms with E-state index < -0.39 is 6.29 Å². The molecule has 6 nitrogen and oxygen atoms in total. The predicted molar refractivity (Wildman–Crippen MR) is 95.4 cm³/mol. The second kappa shape index (κ2) is 6.27. The molecule has 0 aliphatic carbocycles. The Bertz CT molecular complexity index is 1030. The number of fused-ring (bicyclic) bond motifs is 1. The lowest BCUT2D eigenvalue weighted by atomic mass is 10.0. The van der Waals surface area contributed by atoms with Gasteiger partial charge in [-0.1, -0.05) is 0 Å². The Morgan fingerprint density at radius 2 is 1.93 bits per heavy atom. The molecule has 1 aliphatic heterocycles. The van der Waals surface area contributed by atoms with Crippen molar-refractivity contribution in [2.45, 2.75) is 20.1 Å². The van der Waals surface area contributed by atoms with E-state index in [4.69, 9.17) is 0 Å². The van der Waals surface area contributed by atoms with Crippen LogP contribution >= 0.6 is 11.5 Å². The molecule has 0 saturated carbocycles. The van der Waals surface area contributed by atoms with Crippen molar-refractivity contribution in [3.63, 3.8) is 0 Å². The molecule has 4 rings (SSSR count). The number of carbonyl (C=O) groups excluding carboxylic acids is 1. The number of hydrogen-bond donors (Lipinski definition) is 1. The molecular weight excluding hydrogens is 376 g/mol. The van der Waals surface area contributed by atoms with Crippen molar-refractivity contribution in [2.24, 2.45) is 0 Å². The average molecular weight is 389 g/mol. The number of halogens is 2. The van der Waals surface area contributed by atoms with Crippen LogP contribution in [0, 0.1) is 13.8 Å². The Morgan fingerprint density at radius 3 is 2.56 bits per heavy atom. The third kappa shape index (κ3) is 3.33. The molecule has 1 N–H and O–H groups in total. The Morgan fingerprint density at radius 1 is 1.19 bits per heavy atom. The van der Waals surface area contributed by atoms with Crippen molar-refractivity contribution in [1.82, 2.24) is 9.36 Å². The van der Waals surface area contributed by atoms with E-state index in [0.29, 0.717) is 28.2 Å². The third-order valence-corrected chi connectivity index (χ3v) is 4.78. The monoisotopic (exact) mass is 389 g/mol. The van der Waals surface area contributed by atoms with Gasteiger partial charge in [0.1, 0.15) is 5.82 Å². The molecule has 2 aromatic heterocycles. The van der Waals surface area contributed by atoms with Crippen LogP contribution in [-0.4, -0.2) is 21.6 Å². The van der Waals surface area contributed by atoms with Crippen LogP contribution in [0.5, 0.6) is 11.5 Å². The summed E-state index contributed by atoms with van der Waals surface area (Å²) in [6.07, 6.45) is -2.11. The second-order valence-corrected chi connectivity index (χ2v) is 6.61. The standard InChI is InChI=1S/C18H13F2N3O3S/c1-9-5-14-15(26-18(19,20)25-14)6-12(9)11-3-4-16(21-7-11)22-17(24)13-8-27-23-10(13)2/h3-8H,1-2H3,(H,21,22,24). The van der Waals surface area contributed by atoms with E-state index in [-0.39, 0.29) is 17.4 Å². The van der Waals surface area contributed by atoms with Gasteiger partial charge in [0, 0.05) is 17.1 Å². The summed E-state index contributed by atoms with van der Waals surface area (Å²) in [7, 11) is 0.